The van der Waals surface area contributed by atoms with Crippen LogP contribution < -0.4 is 5.32 Å². The highest BCUT2D eigenvalue weighted by molar-refractivity contribution is 7.89. The summed E-state index contributed by atoms with van der Waals surface area (Å²) in [5, 5.41) is 3.35. The van der Waals surface area contributed by atoms with Gasteiger partial charge in [0.25, 0.3) is 0 Å². The number of hydrogen-bond acceptors (Lipinski definition) is 3. The summed E-state index contributed by atoms with van der Waals surface area (Å²) in [6, 6.07) is 10.4. The van der Waals surface area contributed by atoms with Gasteiger partial charge in [-0.2, -0.15) is 4.31 Å². The van der Waals surface area contributed by atoms with Crippen molar-refractivity contribution in [2.75, 3.05) is 18.8 Å². The lowest BCUT2D eigenvalue weighted by Gasteiger charge is -2.20. The van der Waals surface area contributed by atoms with Crippen LogP contribution in [0.3, 0.4) is 0 Å². The summed E-state index contributed by atoms with van der Waals surface area (Å²) in [5.41, 5.74) is 1.04. The molecule has 0 saturated heterocycles. The van der Waals surface area contributed by atoms with E-state index < -0.39 is 10.0 Å². The van der Waals surface area contributed by atoms with E-state index >= 15 is 0 Å². The second-order valence-electron chi connectivity index (χ2n) is 5.31. The molecule has 1 aromatic carbocycles. The lowest BCUT2D eigenvalue weighted by molar-refractivity contribution is 0.422. The zero-order valence-corrected chi connectivity index (χ0v) is 12.9. The Hall–Kier alpha value is -0.910. The molecule has 0 aromatic heterocycles. The van der Waals surface area contributed by atoms with Crippen LogP contribution in [0.5, 0.6) is 0 Å². The van der Waals surface area contributed by atoms with Crippen molar-refractivity contribution in [2.24, 2.45) is 0 Å². The van der Waals surface area contributed by atoms with Crippen LogP contribution in [0.4, 0.5) is 0 Å². The highest BCUT2D eigenvalue weighted by Crippen LogP contribution is 2.18. The first-order valence-corrected chi connectivity index (χ1v) is 8.98. The van der Waals surface area contributed by atoms with E-state index in [-0.39, 0.29) is 5.75 Å². The van der Waals surface area contributed by atoms with Crippen molar-refractivity contribution in [3.63, 3.8) is 0 Å². The van der Waals surface area contributed by atoms with Crippen LogP contribution in [-0.4, -0.2) is 37.6 Å². The molecule has 0 atom stereocenters. The molecule has 2 rings (SSSR count). The molecule has 1 saturated carbocycles. The first-order chi connectivity index (χ1) is 9.62. The largest absolute Gasteiger partial charge is 0.314 e. The second-order valence-corrected chi connectivity index (χ2v) is 7.40. The van der Waals surface area contributed by atoms with Crippen molar-refractivity contribution < 1.29 is 8.42 Å². The summed E-state index contributed by atoms with van der Waals surface area (Å²) in [6.07, 6.45) is 3.16. The SMILES string of the molecule is CCN(Cc1ccccc1)S(=O)(=O)CCCNC1CC1. The second kappa shape index (κ2) is 7.20. The maximum atomic E-state index is 12.3. The number of benzene rings is 1. The van der Waals surface area contributed by atoms with Crippen molar-refractivity contribution in [1.82, 2.24) is 9.62 Å². The van der Waals surface area contributed by atoms with Gasteiger partial charge in [0.05, 0.1) is 5.75 Å². The van der Waals surface area contributed by atoms with Gasteiger partial charge in [0, 0.05) is 19.1 Å². The Morgan fingerprint density at radius 1 is 1.25 bits per heavy atom. The van der Waals surface area contributed by atoms with E-state index in [1.54, 1.807) is 4.31 Å². The molecule has 1 N–H and O–H groups in total. The molecule has 1 aliphatic carbocycles. The van der Waals surface area contributed by atoms with Crippen LogP contribution in [0.1, 0.15) is 31.7 Å². The summed E-state index contributed by atoms with van der Waals surface area (Å²) in [4.78, 5) is 0. The first-order valence-electron chi connectivity index (χ1n) is 7.37. The maximum absolute atomic E-state index is 12.3. The molecule has 0 spiro atoms. The van der Waals surface area contributed by atoms with Crippen molar-refractivity contribution in [3.05, 3.63) is 35.9 Å². The Morgan fingerprint density at radius 2 is 1.95 bits per heavy atom. The minimum Gasteiger partial charge on any atom is -0.314 e. The Morgan fingerprint density at radius 3 is 2.55 bits per heavy atom. The molecule has 0 amide bonds. The molecule has 0 unspecified atom stereocenters. The van der Waals surface area contributed by atoms with Gasteiger partial charge in [-0.05, 0) is 31.4 Å². The van der Waals surface area contributed by atoms with Gasteiger partial charge in [0.2, 0.25) is 10.0 Å². The molecule has 20 heavy (non-hydrogen) atoms. The summed E-state index contributed by atoms with van der Waals surface area (Å²) in [6.45, 7) is 3.68. The number of nitrogens with one attached hydrogen (secondary N) is 1. The molecule has 4 nitrogen and oxygen atoms in total. The lowest BCUT2D eigenvalue weighted by Crippen LogP contribution is -2.33. The first kappa shape index (κ1) is 15.5. The topological polar surface area (TPSA) is 49.4 Å². The van der Waals surface area contributed by atoms with Crippen LogP contribution in [0, 0.1) is 0 Å². The predicted molar refractivity (Wildman–Crippen MR) is 82.0 cm³/mol. The highest BCUT2D eigenvalue weighted by Gasteiger charge is 2.22. The van der Waals surface area contributed by atoms with E-state index in [0.717, 1.165) is 12.1 Å². The standard InChI is InChI=1S/C15H24N2O2S/c1-2-17(13-14-7-4-3-5-8-14)20(18,19)12-6-11-16-15-9-10-15/h3-5,7-8,15-16H,2,6,9-13H2,1H3. The molecule has 0 radical (unpaired) electrons. The molecule has 1 fully saturated rings. The van der Waals surface area contributed by atoms with Gasteiger partial charge in [-0.3, -0.25) is 0 Å². The molecular weight excluding hydrogens is 272 g/mol. The van der Waals surface area contributed by atoms with Crippen molar-refractivity contribution in [3.8, 4) is 0 Å². The fraction of sp³-hybridized carbons (Fsp3) is 0.600. The van der Waals surface area contributed by atoms with Crippen molar-refractivity contribution in [1.29, 1.82) is 0 Å². The minimum absolute atomic E-state index is 0.230. The van der Waals surface area contributed by atoms with Gasteiger partial charge in [-0.25, -0.2) is 8.42 Å². The minimum atomic E-state index is -3.15. The molecule has 1 aliphatic rings. The van der Waals surface area contributed by atoms with E-state index in [1.165, 1.54) is 12.8 Å². The van der Waals surface area contributed by atoms with Crippen LogP contribution in [0.15, 0.2) is 30.3 Å². The van der Waals surface area contributed by atoms with E-state index in [4.69, 9.17) is 0 Å². The molecule has 0 bridgehead atoms. The van der Waals surface area contributed by atoms with Gasteiger partial charge in [0.1, 0.15) is 0 Å². The Kier molecular flexibility index (Phi) is 5.57. The fourth-order valence-electron chi connectivity index (χ4n) is 2.17. The molecule has 112 valence electrons. The Balaban J connectivity index is 1.83. The number of hydrogen-bond donors (Lipinski definition) is 1. The molecular formula is C15H24N2O2S. The van der Waals surface area contributed by atoms with E-state index in [9.17, 15) is 8.42 Å². The monoisotopic (exact) mass is 296 g/mol. The van der Waals surface area contributed by atoms with Gasteiger partial charge in [-0.1, -0.05) is 37.3 Å². The quantitative estimate of drug-likeness (QED) is 0.709. The number of nitrogens with zero attached hydrogens (tertiary/aromatic N) is 1. The van der Waals surface area contributed by atoms with Gasteiger partial charge in [0.15, 0.2) is 0 Å². The van der Waals surface area contributed by atoms with Crippen LogP contribution in [0.25, 0.3) is 0 Å². The zero-order chi connectivity index (χ0) is 14.4. The Bertz CT molecular complexity index is 498. The van der Waals surface area contributed by atoms with Crippen molar-refractivity contribution in [2.45, 2.75) is 38.8 Å². The molecule has 1 aromatic rings. The van der Waals surface area contributed by atoms with Gasteiger partial charge >= 0.3 is 0 Å². The summed E-state index contributed by atoms with van der Waals surface area (Å²) >= 11 is 0. The lowest BCUT2D eigenvalue weighted by atomic mass is 10.2. The van der Waals surface area contributed by atoms with Crippen LogP contribution in [0.2, 0.25) is 0 Å². The predicted octanol–water partition coefficient (Wildman–Crippen LogP) is 1.98. The van der Waals surface area contributed by atoms with E-state index in [0.29, 0.717) is 25.6 Å². The van der Waals surface area contributed by atoms with E-state index in [2.05, 4.69) is 5.32 Å². The fourth-order valence-corrected chi connectivity index (χ4v) is 3.68. The summed E-state index contributed by atoms with van der Waals surface area (Å²) < 4.78 is 26.2. The highest BCUT2D eigenvalue weighted by atomic mass is 32.2. The Labute approximate surface area is 122 Å². The van der Waals surface area contributed by atoms with Crippen molar-refractivity contribution >= 4 is 10.0 Å². The number of sulfonamides is 1. The van der Waals surface area contributed by atoms with Crippen LogP contribution in [-0.2, 0) is 16.6 Å². The third-order valence-electron chi connectivity index (χ3n) is 3.54. The molecule has 0 heterocycles. The van der Waals surface area contributed by atoms with Gasteiger partial charge < -0.3 is 5.32 Å². The van der Waals surface area contributed by atoms with Gasteiger partial charge in [-0.15, -0.1) is 0 Å². The molecule has 5 heteroatoms. The van der Waals surface area contributed by atoms with E-state index in [1.807, 2.05) is 37.3 Å². The average Bonchev–Trinajstić information content (AvgIpc) is 3.26. The van der Waals surface area contributed by atoms with Crippen LogP contribution >= 0.6 is 0 Å². The number of rotatable bonds is 9. The average molecular weight is 296 g/mol. The zero-order valence-electron chi connectivity index (χ0n) is 12.1. The summed E-state index contributed by atoms with van der Waals surface area (Å²) in [5.74, 6) is 0.230. The normalized spacial score (nSPS) is 15.7. The third-order valence-corrected chi connectivity index (χ3v) is 5.52. The third kappa shape index (κ3) is 4.89. The molecule has 0 aliphatic heterocycles. The smallest absolute Gasteiger partial charge is 0.214 e. The maximum Gasteiger partial charge on any atom is 0.214 e. The summed E-state index contributed by atoms with van der Waals surface area (Å²) in [7, 11) is -3.15.